The number of carboxylic acid groups (broad SMARTS) is 1. The molecule has 1 aromatic carbocycles. The number of benzene rings is 1. The summed E-state index contributed by atoms with van der Waals surface area (Å²) in [6.45, 7) is 2.70. The van der Waals surface area contributed by atoms with Crippen LogP contribution in [0.4, 0.5) is 0 Å². The first-order valence-electron chi connectivity index (χ1n) is 8.59. The second-order valence-electron chi connectivity index (χ2n) is 5.86. The van der Waals surface area contributed by atoms with E-state index >= 15 is 0 Å². The van der Waals surface area contributed by atoms with Crippen molar-refractivity contribution in [3.8, 4) is 33.0 Å². The zero-order valence-corrected chi connectivity index (χ0v) is 16.4. The number of aromatic nitrogens is 1. The summed E-state index contributed by atoms with van der Waals surface area (Å²) in [5, 5.41) is 21.4. The van der Waals surface area contributed by atoms with E-state index in [0.29, 0.717) is 34.2 Å². The third-order valence-electron chi connectivity index (χ3n) is 3.93. The standard InChI is InChI=1S/C20H18N2O3S2/c1-2-3-4-9-25-15-8-7-13(11-14(15)12-21)19-22-17(16-6-5-10-26-16)18(27-19)20(23)24/h5-8,10-11H,2-4,9H2,1H3,(H,23,24). The number of thiophene rings is 1. The Balaban J connectivity index is 1.91. The van der Waals surface area contributed by atoms with Crippen LogP contribution in [-0.2, 0) is 0 Å². The van der Waals surface area contributed by atoms with Gasteiger partial charge in [0, 0.05) is 5.56 Å². The Labute approximate surface area is 165 Å². The molecular formula is C20H18N2O3S2. The molecule has 0 saturated carbocycles. The first-order valence-corrected chi connectivity index (χ1v) is 10.3. The lowest BCUT2D eigenvalue weighted by Crippen LogP contribution is -1.99. The lowest BCUT2D eigenvalue weighted by molar-refractivity contribution is 0.0702. The van der Waals surface area contributed by atoms with Crippen LogP contribution >= 0.6 is 22.7 Å². The first-order chi connectivity index (χ1) is 13.1. The normalized spacial score (nSPS) is 10.5. The molecule has 7 heteroatoms. The molecule has 3 aromatic rings. The molecule has 0 atom stereocenters. The Hall–Kier alpha value is -2.69. The Bertz CT molecular complexity index is 972. The Morgan fingerprint density at radius 1 is 1.33 bits per heavy atom. The number of hydrogen-bond acceptors (Lipinski definition) is 6. The summed E-state index contributed by atoms with van der Waals surface area (Å²) in [6.07, 6.45) is 3.14. The van der Waals surface area contributed by atoms with Crippen molar-refractivity contribution in [1.82, 2.24) is 4.98 Å². The molecule has 0 bridgehead atoms. The minimum absolute atomic E-state index is 0.200. The third-order valence-corrected chi connectivity index (χ3v) is 5.90. The minimum Gasteiger partial charge on any atom is -0.492 e. The third kappa shape index (κ3) is 4.35. The molecule has 3 rings (SSSR count). The van der Waals surface area contributed by atoms with Gasteiger partial charge in [-0.25, -0.2) is 9.78 Å². The van der Waals surface area contributed by atoms with Gasteiger partial charge in [0.25, 0.3) is 0 Å². The molecule has 0 spiro atoms. The molecular weight excluding hydrogens is 380 g/mol. The highest BCUT2D eigenvalue weighted by Gasteiger charge is 2.21. The van der Waals surface area contributed by atoms with E-state index in [4.69, 9.17) is 4.74 Å². The Morgan fingerprint density at radius 3 is 2.85 bits per heavy atom. The molecule has 0 fully saturated rings. The SMILES string of the molecule is CCCCCOc1ccc(-c2nc(-c3cccs3)c(C(=O)O)s2)cc1C#N. The van der Waals surface area contributed by atoms with E-state index in [9.17, 15) is 15.2 Å². The van der Waals surface area contributed by atoms with Crippen LogP contribution in [0.5, 0.6) is 5.75 Å². The Morgan fingerprint density at radius 2 is 2.19 bits per heavy atom. The van der Waals surface area contributed by atoms with Gasteiger partial charge in [-0.3, -0.25) is 0 Å². The number of carboxylic acids is 1. The number of rotatable bonds is 8. The van der Waals surface area contributed by atoms with Crippen LogP contribution in [-0.4, -0.2) is 22.7 Å². The lowest BCUT2D eigenvalue weighted by Gasteiger charge is -2.08. The van der Waals surface area contributed by atoms with Gasteiger partial charge in [0.2, 0.25) is 0 Å². The largest absolute Gasteiger partial charge is 0.492 e. The van der Waals surface area contributed by atoms with Crippen LogP contribution in [0.1, 0.15) is 41.4 Å². The number of hydrogen-bond donors (Lipinski definition) is 1. The average molecular weight is 399 g/mol. The number of unbranched alkanes of at least 4 members (excludes halogenated alkanes) is 2. The molecule has 0 amide bonds. The van der Waals surface area contributed by atoms with Gasteiger partial charge in [-0.05, 0) is 36.1 Å². The zero-order valence-electron chi connectivity index (χ0n) is 14.8. The quantitative estimate of drug-likeness (QED) is 0.494. The van der Waals surface area contributed by atoms with Crippen LogP contribution < -0.4 is 4.74 Å². The number of nitrogens with zero attached hydrogens (tertiary/aromatic N) is 2. The smallest absolute Gasteiger partial charge is 0.348 e. The van der Waals surface area contributed by atoms with Crippen molar-refractivity contribution in [3.05, 3.63) is 46.2 Å². The number of thiazole rings is 1. The van der Waals surface area contributed by atoms with Crippen molar-refractivity contribution in [1.29, 1.82) is 5.26 Å². The summed E-state index contributed by atoms with van der Waals surface area (Å²) >= 11 is 2.56. The highest BCUT2D eigenvalue weighted by Crippen LogP contribution is 2.37. The van der Waals surface area contributed by atoms with E-state index in [-0.39, 0.29) is 4.88 Å². The van der Waals surface area contributed by atoms with Crippen molar-refractivity contribution in [2.24, 2.45) is 0 Å². The second kappa shape index (κ2) is 8.80. The van der Waals surface area contributed by atoms with Crippen LogP contribution in [0.2, 0.25) is 0 Å². The zero-order chi connectivity index (χ0) is 19.2. The second-order valence-corrected chi connectivity index (χ2v) is 7.80. The fourth-order valence-electron chi connectivity index (χ4n) is 2.58. The molecule has 5 nitrogen and oxygen atoms in total. The van der Waals surface area contributed by atoms with E-state index in [0.717, 1.165) is 35.5 Å². The fraction of sp³-hybridized carbons (Fsp3) is 0.250. The minimum atomic E-state index is -1.00. The van der Waals surface area contributed by atoms with Gasteiger partial charge in [0.15, 0.2) is 0 Å². The van der Waals surface area contributed by atoms with Crippen LogP contribution in [0.25, 0.3) is 21.1 Å². The Kier molecular flexibility index (Phi) is 6.22. The summed E-state index contributed by atoms with van der Waals surface area (Å²) in [4.78, 5) is 17.2. The summed E-state index contributed by atoms with van der Waals surface area (Å²) in [7, 11) is 0. The number of nitriles is 1. The molecule has 0 saturated heterocycles. The summed E-state index contributed by atoms with van der Waals surface area (Å²) in [6, 6.07) is 11.2. The van der Waals surface area contributed by atoms with Gasteiger partial charge in [0.1, 0.15) is 27.4 Å². The van der Waals surface area contributed by atoms with Gasteiger partial charge in [-0.15, -0.1) is 22.7 Å². The molecule has 0 aliphatic rings. The monoisotopic (exact) mass is 398 g/mol. The van der Waals surface area contributed by atoms with Crippen molar-refractivity contribution in [2.45, 2.75) is 26.2 Å². The molecule has 27 heavy (non-hydrogen) atoms. The van der Waals surface area contributed by atoms with E-state index in [1.165, 1.54) is 11.3 Å². The van der Waals surface area contributed by atoms with E-state index in [1.807, 2.05) is 23.6 Å². The van der Waals surface area contributed by atoms with Crippen LogP contribution in [0.15, 0.2) is 35.7 Å². The average Bonchev–Trinajstić information content (AvgIpc) is 3.34. The molecule has 0 aliphatic carbocycles. The van der Waals surface area contributed by atoms with E-state index in [2.05, 4.69) is 18.0 Å². The van der Waals surface area contributed by atoms with Gasteiger partial charge in [-0.2, -0.15) is 5.26 Å². The predicted molar refractivity (Wildman–Crippen MR) is 108 cm³/mol. The topological polar surface area (TPSA) is 83.2 Å². The van der Waals surface area contributed by atoms with Gasteiger partial charge in [-0.1, -0.05) is 25.8 Å². The highest BCUT2D eigenvalue weighted by molar-refractivity contribution is 7.18. The summed E-state index contributed by atoms with van der Waals surface area (Å²) in [5.41, 5.74) is 1.60. The fourth-order valence-corrected chi connectivity index (χ4v) is 4.28. The number of carbonyl (C=O) groups is 1. The van der Waals surface area contributed by atoms with E-state index < -0.39 is 5.97 Å². The van der Waals surface area contributed by atoms with Gasteiger partial charge < -0.3 is 9.84 Å². The van der Waals surface area contributed by atoms with Crippen LogP contribution in [0.3, 0.4) is 0 Å². The van der Waals surface area contributed by atoms with Crippen LogP contribution in [0, 0.1) is 11.3 Å². The molecule has 2 aromatic heterocycles. The molecule has 0 radical (unpaired) electrons. The lowest BCUT2D eigenvalue weighted by atomic mass is 10.1. The first kappa shape index (κ1) is 19.1. The van der Waals surface area contributed by atoms with E-state index in [1.54, 1.807) is 12.1 Å². The molecule has 0 aliphatic heterocycles. The van der Waals surface area contributed by atoms with Gasteiger partial charge >= 0.3 is 5.97 Å². The predicted octanol–water partition coefficient (Wildman–Crippen LogP) is 5.68. The molecule has 0 unspecified atom stereocenters. The van der Waals surface area contributed by atoms with Crippen molar-refractivity contribution in [2.75, 3.05) is 6.61 Å². The maximum atomic E-state index is 11.6. The number of ether oxygens (including phenoxy) is 1. The molecule has 2 heterocycles. The van der Waals surface area contributed by atoms with Crippen molar-refractivity contribution in [3.63, 3.8) is 0 Å². The maximum absolute atomic E-state index is 11.6. The maximum Gasteiger partial charge on any atom is 0.348 e. The van der Waals surface area contributed by atoms with Crippen molar-refractivity contribution < 1.29 is 14.6 Å². The number of aromatic carboxylic acids is 1. The van der Waals surface area contributed by atoms with Gasteiger partial charge in [0.05, 0.1) is 17.0 Å². The molecule has 138 valence electrons. The summed E-state index contributed by atoms with van der Waals surface area (Å²) < 4.78 is 5.72. The summed E-state index contributed by atoms with van der Waals surface area (Å²) in [5.74, 6) is -0.454. The molecule has 1 N–H and O–H groups in total. The van der Waals surface area contributed by atoms with Crippen molar-refractivity contribution >= 4 is 28.6 Å². The highest BCUT2D eigenvalue weighted by atomic mass is 32.1.